The van der Waals surface area contributed by atoms with Gasteiger partial charge in [-0.15, -0.1) is 0 Å². The fourth-order valence-electron chi connectivity index (χ4n) is 2.84. The van der Waals surface area contributed by atoms with Crippen molar-refractivity contribution in [3.8, 4) is 0 Å². The molecule has 0 aromatic heterocycles. The van der Waals surface area contributed by atoms with Crippen LogP contribution in [0.15, 0.2) is 76.5 Å². The van der Waals surface area contributed by atoms with Crippen molar-refractivity contribution in [3.05, 3.63) is 77.2 Å². The number of hydrogen-bond acceptors (Lipinski definition) is 2. The van der Waals surface area contributed by atoms with Gasteiger partial charge in [0.15, 0.2) is 5.78 Å². The number of carbonyl (C=O) groups excluding carboxylic acids is 1. The minimum atomic E-state index is 0.257. The van der Waals surface area contributed by atoms with E-state index in [-0.39, 0.29) is 5.78 Å². The van der Waals surface area contributed by atoms with Crippen molar-refractivity contribution >= 4 is 17.5 Å². The maximum Gasteiger partial charge on any atom is 0.163 e. The second-order valence-corrected chi connectivity index (χ2v) is 6.79. The van der Waals surface area contributed by atoms with Crippen LogP contribution < -0.4 is 0 Å². The standard InChI is InChI=1S/C20H20OS/c21-19(16-9-3-1-4-10-16)15-17-11-7-8-14-20(17)22-18-12-5-2-6-13-18/h1-6,9-10,12-14,17H,7-8,11,15H2. The summed E-state index contributed by atoms with van der Waals surface area (Å²) in [5, 5.41) is 0. The molecule has 2 aromatic carbocycles. The highest BCUT2D eigenvalue weighted by Crippen LogP contribution is 2.39. The van der Waals surface area contributed by atoms with Gasteiger partial charge < -0.3 is 0 Å². The second kappa shape index (κ2) is 7.46. The Morgan fingerprint density at radius 2 is 1.68 bits per heavy atom. The number of ketones is 1. The summed E-state index contributed by atoms with van der Waals surface area (Å²) in [6.45, 7) is 0. The lowest BCUT2D eigenvalue weighted by Crippen LogP contribution is -2.12. The van der Waals surface area contributed by atoms with E-state index < -0.39 is 0 Å². The van der Waals surface area contributed by atoms with Crippen molar-refractivity contribution in [2.24, 2.45) is 5.92 Å². The molecular formula is C20H20OS. The predicted octanol–water partition coefficient (Wildman–Crippen LogP) is 5.74. The average Bonchev–Trinajstić information content (AvgIpc) is 2.58. The van der Waals surface area contributed by atoms with Crippen LogP contribution in [0.2, 0.25) is 0 Å². The third-order valence-corrected chi connectivity index (χ3v) is 5.25. The third-order valence-electron chi connectivity index (χ3n) is 4.01. The molecule has 1 nitrogen and oxygen atoms in total. The van der Waals surface area contributed by atoms with Crippen LogP contribution in [0.5, 0.6) is 0 Å². The molecule has 0 amide bonds. The van der Waals surface area contributed by atoms with Gasteiger partial charge in [0.05, 0.1) is 0 Å². The van der Waals surface area contributed by atoms with Crippen molar-refractivity contribution in [1.82, 2.24) is 0 Å². The number of Topliss-reactive ketones (excluding diaryl/α,β-unsaturated/α-hetero) is 1. The second-order valence-electron chi connectivity index (χ2n) is 5.64. The third kappa shape index (κ3) is 3.89. The summed E-state index contributed by atoms with van der Waals surface area (Å²) in [6, 6.07) is 20.1. The van der Waals surface area contributed by atoms with Crippen LogP contribution in [0.3, 0.4) is 0 Å². The maximum absolute atomic E-state index is 12.5. The zero-order chi connectivity index (χ0) is 15.2. The Bertz CT molecular complexity index is 646. The summed E-state index contributed by atoms with van der Waals surface area (Å²) in [7, 11) is 0. The van der Waals surface area contributed by atoms with E-state index in [1.54, 1.807) is 0 Å². The summed E-state index contributed by atoms with van der Waals surface area (Å²) in [5.74, 6) is 0.624. The van der Waals surface area contributed by atoms with E-state index in [0.717, 1.165) is 18.4 Å². The Balaban J connectivity index is 1.70. The monoisotopic (exact) mass is 308 g/mol. The molecule has 1 aliphatic rings. The first-order chi connectivity index (χ1) is 10.8. The van der Waals surface area contributed by atoms with E-state index in [1.165, 1.54) is 16.2 Å². The van der Waals surface area contributed by atoms with E-state index in [2.05, 4.69) is 30.3 Å². The summed E-state index contributed by atoms with van der Waals surface area (Å²) in [6.07, 6.45) is 6.38. The lowest BCUT2D eigenvalue weighted by Gasteiger charge is -2.23. The van der Waals surface area contributed by atoms with Gasteiger partial charge in [-0.05, 0) is 42.2 Å². The normalized spacial score (nSPS) is 17.8. The molecule has 0 N–H and O–H groups in total. The van der Waals surface area contributed by atoms with E-state index in [4.69, 9.17) is 0 Å². The Labute approximate surface area is 136 Å². The largest absolute Gasteiger partial charge is 0.294 e. The molecule has 0 spiro atoms. The van der Waals surface area contributed by atoms with Gasteiger partial charge in [-0.2, -0.15) is 0 Å². The molecule has 0 saturated heterocycles. The van der Waals surface area contributed by atoms with Crippen LogP contribution in [0, 0.1) is 5.92 Å². The molecule has 0 fully saturated rings. The number of benzene rings is 2. The molecule has 0 bridgehead atoms. The van der Waals surface area contributed by atoms with Crippen LogP contribution in [0.4, 0.5) is 0 Å². The summed E-state index contributed by atoms with van der Waals surface area (Å²) in [5.41, 5.74) is 0.831. The smallest absolute Gasteiger partial charge is 0.163 e. The molecule has 0 aliphatic heterocycles. The molecule has 112 valence electrons. The number of hydrogen-bond donors (Lipinski definition) is 0. The van der Waals surface area contributed by atoms with E-state index in [9.17, 15) is 4.79 Å². The van der Waals surface area contributed by atoms with Crippen molar-refractivity contribution in [2.45, 2.75) is 30.6 Å². The van der Waals surface area contributed by atoms with Crippen LogP contribution in [-0.2, 0) is 0 Å². The summed E-state index contributed by atoms with van der Waals surface area (Å²) in [4.78, 5) is 15.1. The molecule has 0 saturated carbocycles. The molecule has 0 radical (unpaired) electrons. The molecule has 1 aliphatic carbocycles. The van der Waals surface area contributed by atoms with Gasteiger partial charge in [-0.1, -0.05) is 66.4 Å². The van der Waals surface area contributed by atoms with Gasteiger partial charge >= 0.3 is 0 Å². The number of allylic oxidation sites excluding steroid dienone is 2. The SMILES string of the molecule is O=C(CC1CCCC=C1Sc1ccccc1)c1ccccc1. The van der Waals surface area contributed by atoms with Crippen LogP contribution in [0.25, 0.3) is 0 Å². The molecule has 22 heavy (non-hydrogen) atoms. The molecule has 3 rings (SSSR count). The predicted molar refractivity (Wildman–Crippen MR) is 93.1 cm³/mol. The molecule has 1 atom stereocenters. The fourth-order valence-corrected chi connectivity index (χ4v) is 3.97. The van der Waals surface area contributed by atoms with Crippen molar-refractivity contribution in [1.29, 1.82) is 0 Å². The van der Waals surface area contributed by atoms with Crippen molar-refractivity contribution < 1.29 is 4.79 Å². The highest BCUT2D eigenvalue weighted by molar-refractivity contribution is 8.03. The maximum atomic E-state index is 12.5. The minimum absolute atomic E-state index is 0.257. The highest BCUT2D eigenvalue weighted by atomic mass is 32.2. The summed E-state index contributed by atoms with van der Waals surface area (Å²) >= 11 is 1.82. The van der Waals surface area contributed by atoms with E-state index >= 15 is 0 Å². The number of thioether (sulfide) groups is 1. The van der Waals surface area contributed by atoms with Gasteiger partial charge in [-0.3, -0.25) is 4.79 Å². The number of rotatable bonds is 5. The highest BCUT2D eigenvalue weighted by Gasteiger charge is 2.22. The van der Waals surface area contributed by atoms with Crippen LogP contribution >= 0.6 is 11.8 Å². The summed E-state index contributed by atoms with van der Waals surface area (Å²) < 4.78 is 0. The Morgan fingerprint density at radius 1 is 1.00 bits per heavy atom. The molecule has 0 heterocycles. The lowest BCUT2D eigenvalue weighted by atomic mass is 9.89. The Hall–Kier alpha value is -1.80. The average molecular weight is 308 g/mol. The first kappa shape index (κ1) is 15.1. The van der Waals surface area contributed by atoms with Gasteiger partial charge in [0.2, 0.25) is 0 Å². The van der Waals surface area contributed by atoms with Crippen LogP contribution in [0.1, 0.15) is 36.0 Å². The topological polar surface area (TPSA) is 17.1 Å². The quantitative estimate of drug-likeness (QED) is 0.656. The molecule has 2 heteroatoms. The van der Waals surface area contributed by atoms with Gasteiger partial charge in [0.25, 0.3) is 0 Å². The van der Waals surface area contributed by atoms with Crippen molar-refractivity contribution in [2.75, 3.05) is 0 Å². The van der Waals surface area contributed by atoms with Crippen molar-refractivity contribution in [3.63, 3.8) is 0 Å². The number of carbonyl (C=O) groups is 1. The molecular weight excluding hydrogens is 288 g/mol. The first-order valence-corrected chi connectivity index (χ1v) is 8.66. The van der Waals surface area contributed by atoms with Gasteiger partial charge in [-0.25, -0.2) is 0 Å². The van der Waals surface area contributed by atoms with E-state index in [0.29, 0.717) is 12.3 Å². The van der Waals surface area contributed by atoms with Gasteiger partial charge in [0, 0.05) is 16.9 Å². The fraction of sp³-hybridized carbons (Fsp3) is 0.250. The van der Waals surface area contributed by atoms with E-state index in [1.807, 2.05) is 48.2 Å². The Morgan fingerprint density at radius 3 is 2.41 bits per heavy atom. The van der Waals surface area contributed by atoms with Gasteiger partial charge in [0.1, 0.15) is 0 Å². The molecule has 2 aromatic rings. The minimum Gasteiger partial charge on any atom is -0.294 e. The Kier molecular flexibility index (Phi) is 5.12. The van der Waals surface area contributed by atoms with Crippen LogP contribution in [-0.4, -0.2) is 5.78 Å². The zero-order valence-corrected chi connectivity index (χ0v) is 13.4. The lowest BCUT2D eigenvalue weighted by molar-refractivity contribution is 0.0966. The first-order valence-electron chi connectivity index (χ1n) is 7.84. The molecule has 1 unspecified atom stereocenters. The zero-order valence-electron chi connectivity index (χ0n) is 12.6.